The molecule has 2 aromatic rings. The average molecular weight is 291 g/mol. The predicted octanol–water partition coefficient (Wildman–Crippen LogP) is 3.35. The van der Waals surface area contributed by atoms with Crippen molar-refractivity contribution < 1.29 is 23.6 Å². The maximum atomic E-state index is 13.0. The number of aldehydes is 1. The maximum Gasteiger partial charge on any atom is 0.273 e. The molecule has 7 heteroatoms. The van der Waals surface area contributed by atoms with E-state index in [0.29, 0.717) is 6.29 Å². The largest absolute Gasteiger partial charge is 0.493 e. The first-order chi connectivity index (χ1) is 10.0. The van der Waals surface area contributed by atoms with Crippen LogP contribution >= 0.6 is 0 Å². The fourth-order valence-electron chi connectivity index (χ4n) is 1.68. The number of nitro benzene ring substituents is 1. The number of ether oxygens (including phenoxy) is 2. The zero-order valence-corrected chi connectivity index (χ0v) is 10.9. The van der Waals surface area contributed by atoms with Crippen molar-refractivity contribution in [1.29, 1.82) is 0 Å². The third-order valence-corrected chi connectivity index (χ3v) is 2.68. The summed E-state index contributed by atoms with van der Waals surface area (Å²) in [5.74, 6) is -0.137. The number of benzene rings is 2. The van der Waals surface area contributed by atoms with E-state index in [-0.39, 0.29) is 28.5 Å². The van der Waals surface area contributed by atoms with Gasteiger partial charge in [-0.1, -0.05) is 0 Å². The van der Waals surface area contributed by atoms with Crippen LogP contribution in [0.1, 0.15) is 10.4 Å². The molecule has 0 aromatic heterocycles. The van der Waals surface area contributed by atoms with E-state index in [0.717, 1.165) is 12.1 Å². The SMILES string of the molecule is COc1cc([N+](=O)[O-])ccc1Oc1ccc(F)cc1C=O. The normalized spacial score (nSPS) is 10.0. The second kappa shape index (κ2) is 6.00. The van der Waals surface area contributed by atoms with E-state index < -0.39 is 10.7 Å². The van der Waals surface area contributed by atoms with Gasteiger partial charge in [-0.15, -0.1) is 0 Å². The van der Waals surface area contributed by atoms with Crippen LogP contribution in [0.2, 0.25) is 0 Å². The smallest absolute Gasteiger partial charge is 0.273 e. The lowest BCUT2D eigenvalue weighted by atomic mass is 10.2. The molecular formula is C14H10FNO5. The Morgan fingerprint density at radius 3 is 2.48 bits per heavy atom. The summed E-state index contributed by atoms with van der Waals surface area (Å²) in [6.07, 6.45) is 0.455. The number of hydrogen-bond acceptors (Lipinski definition) is 5. The first-order valence-electron chi connectivity index (χ1n) is 5.80. The van der Waals surface area contributed by atoms with Gasteiger partial charge in [0, 0.05) is 6.07 Å². The van der Waals surface area contributed by atoms with E-state index in [2.05, 4.69) is 0 Å². The number of carbonyl (C=O) groups excluding carboxylic acids is 1. The Labute approximate surface area is 118 Å². The number of nitrogens with zero attached hydrogens (tertiary/aromatic N) is 1. The van der Waals surface area contributed by atoms with E-state index in [1.165, 1.54) is 31.4 Å². The fraction of sp³-hybridized carbons (Fsp3) is 0.0714. The second-order valence-electron chi connectivity index (χ2n) is 3.99. The monoisotopic (exact) mass is 291 g/mol. The molecule has 0 radical (unpaired) electrons. The van der Waals surface area contributed by atoms with Crippen molar-refractivity contribution in [2.24, 2.45) is 0 Å². The van der Waals surface area contributed by atoms with Gasteiger partial charge in [-0.25, -0.2) is 4.39 Å². The van der Waals surface area contributed by atoms with Crippen molar-refractivity contribution in [3.05, 3.63) is 57.9 Å². The van der Waals surface area contributed by atoms with Gasteiger partial charge in [0.1, 0.15) is 11.6 Å². The Morgan fingerprint density at radius 2 is 1.86 bits per heavy atom. The standard InChI is InChI=1S/C14H10FNO5/c1-20-14-7-11(16(18)19)3-5-13(14)21-12-4-2-10(15)6-9(12)8-17/h2-8H,1H3. The van der Waals surface area contributed by atoms with Crippen molar-refractivity contribution in [2.75, 3.05) is 7.11 Å². The van der Waals surface area contributed by atoms with Crippen LogP contribution in [0.5, 0.6) is 17.2 Å². The minimum atomic E-state index is -0.569. The van der Waals surface area contributed by atoms with E-state index in [9.17, 15) is 19.3 Å². The van der Waals surface area contributed by atoms with Crippen LogP contribution in [-0.2, 0) is 0 Å². The molecule has 0 bridgehead atoms. The van der Waals surface area contributed by atoms with Crippen LogP contribution in [0.4, 0.5) is 10.1 Å². The van der Waals surface area contributed by atoms with E-state index in [1.807, 2.05) is 0 Å². The van der Waals surface area contributed by atoms with Gasteiger partial charge in [0.2, 0.25) is 0 Å². The molecular weight excluding hydrogens is 281 g/mol. The van der Waals surface area contributed by atoms with Gasteiger partial charge < -0.3 is 9.47 Å². The van der Waals surface area contributed by atoms with Gasteiger partial charge >= 0.3 is 0 Å². The van der Waals surface area contributed by atoms with Crippen molar-refractivity contribution in [1.82, 2.24) is 0 Å². The molecule has 2 rings (SSSR count). The molecule has 2 aromatic carbocycles. The molecule has 0 N–H and O–H groups in total. The molecule has 0 fully saturated rings. The Morgan fingerprint density at radius 1 is 1.14 bits per heavy atom. The third-order valence-electron chi connectivity index (χ3n) is 2.68. The zero-order valence-electron chi connectivity index (χ0n) is 10.9. The molecule has 0 heterocycles. The Hall–Kier alpha value is -2.96. The summed E-state index contributed by atoms with van der Waals surface area (Å²) in [5.41, 5.74) is -0.135. The van der Waals surface area contributed by atoms with Gasteiger partial charge in [-0.3, -0.25) is 14.9 Å². The Balaban J connectivity index is 2.39. The summed E-state index contributed by atoms with van der Waals surface area (Å²) in [5, 5.41) is 10.7. The van der Waals surface area contributed by atoms with Gasteiger partial charge in [0.25, 0.3) is 5.69 Å². The summed E-state index contributed by atoms with van der Waals surface area (Å²) in [7, 11) is 1.33. The van der Waals surface area contributed by atoms with Crippen molar-refractivity contribution >= 4 is 12.0 Å². The molecule has 108 valence electrons. The van der Waals surface area contributed by atoms with Crippen LogP contribution in [0.15, 0.2) is 36.4 Å². The van der Waals surface area contributed by atoms with Gasteiger partial charge in [0.05, 0.1) is 23.7 Å². The lowest BCUT2D eigenvalue weighted by Gasteiger charge is -2.11. The summed E-state index contributed by atoms with van der Waals surface area (Å²) >= 11 is 0. The number of rotatable bonds is 5. The second-order valence-corrected chi connectivity index (χ2v) is 3.99. The fourth-order valence-corrected chi connectivity index (χ4v) is 1.68. The Kier molecular flexibility index (Phi) is 4.13. The van der Waals surface area contributed by atoms with Crippen LogP contribution < -0.4 is 9.47 Å². The topological polar surface area (TPSA) is 78.7 Å². The molecule has 21 heavy (non-hydrogen) atoms. The number of carbonyl (C=O) groups is 1. The highest BCUT2D eigenvalue weighted by Gasteiger charge is 2.14. The number of methoxy groups -OCH3 is 1. The predicted molar refractivity (Wildman–Crippen MR) is 71.5 cm³/mol. The van der Waals surface area contributed by atoms with Crippen molar-refractivity contribution in [3.8, 4) is 17.2 Å². The van der Waals surface area contributed by atoms with Gasteiger partial charge in [-0.2, -0.15) is 0 Å². The summed E-state index contributed by atoms with van der Waals surface area (Å²) in [6, 6.07) is 7.23. The lowest BCUT2D eigenvalue weighted by Crippen LogP contribution is -1.96. The molecule has 0 spiro atoms. The number of non-ortho nitro benzene ring substituents is 1. The van der Waals surface area contributed by atoms with Gasteiger partial charge in [0.15, 0.2) is 17.8 Å². The lowest BCUT2D eigenvalue weighted by molar-refractivity contribution is -0.384. The van der Waals surface area contributed by atoms with Crippen molar-refractivity contribution in [3.63, 3.8) is 0 Å². The minimum absolute atomic E-state index is 0.0235. The van der Waals surface area contributed by atoms with Crippen LogP contribution in [0.25, 0.3) is 0 Å². The summed E-state index contributed by atoms with van der Waals surface area (Å²) < 4.78 is 23.5. The number of halogens is 1. The quantitative estimate of drug-likeness (QED) is 0.479. The maximum absolute atomic E-state index is 13.0. The number of nitro groups is 1. The molecule has 0 aliphatic rings. The summed E-state index contributed by atoms with van der Waals surface area (Å²) in [6.45, 7) is 0. The zero-order chi connectivity index (χ0) is 15.4. The molecule has 0 aliphatic carbocycles. The first-order valence-corrected chi connectivity index (χ1v) is 5.80. The minimum Gasteiger partial charge on any atom is -0.493 e. The average Bonchev–Trinajstić information content (AvgIpc) is 2.49. The third kappa shape index (κ3) is 3.14. The highest BCUT2D eigenvalue weighted by atomic mass is 19.1. The van der Waals surface area contributed by atoms with E-state index in [4.69, 9.17) is 9.47 Å². The van der Waals surface area contributed by atoms with Crippen LogP contribution in [-0.4, -0.2) is 18.3 Å². The molecule has 6 nitrogen and oxygen atoms in total. The molecule has 0 saturated carbocycles. The first kappa shape index (κ1) is 14.4. The van der Waals surface area contributed by atoms with E-state index in [1.54, 1.807) is 0 Å². The molecule has 0 saturated heterocycles. The van der Waals surface area contributed by atoms with Crippen LogP contribution in [0, 0.1) is 15.9 Å². The number of hydrogen-bond donors (Lipinski definition) is 0. The van der Waals surface area contributed by atoms with E-state index >= 15 is 0 Å². The molecule has 0 aliphatic heterocycles. The summed E-state index contributed by atoms with van der Waals surface area (Å²) in [4.78, 5) is 21.0. The molecule has 0 atom stereocenters. The molecule has 0 amide bonds. The van der Waals surface area contributed by atoms with Crippen LogP contribution in [0.3, 0.4) is 0 Å². The highest BCUT2D eigenvalue weighted by Crippen LogP contribution is 2.35. The Bertz CT molecular complexity index is 702. The highest BCUT2D eigenvalue weighted by molar-refractivity contribution is 5.79. The van der Waals surface area contributed by atoms with Crippen molar-refractivity contribution in [2.45, 2.75) is 0 Å². The van der Waals surface area contributed by atoms with Gasteiger partial charge in [-0.05, 0) is 24.3 Å². The molecule has 0 unspecified atom stereocenters.